The minimum Gasteiger partial charge on any atom is -0.497 e. The molecule has 0 aliphatic heterocycles. The molecule has 0 aliphatic rings. The van der Waals surface area contributed by atoms with Crippen LogP contribution in [0, 0.1) is 6.92 Å². The van der Waals surface area contributed by atoms with Crippen LogP contribution in [0.4, 0.5) is 5.69 Å². The average molecular weight is 676 g/mol. The van der Waals surface area contributed by atoms with Crippen molar-refractivity contribution in [3.05, 3.63) is 108 Å². The summed E-state index contributed by atoms with van der Waals surface area (Å²) in [4.78, 5) is 29.5. The fourth-order valence-corrected chi connectivity index (χ4v) is 6.73. The van der Waals surface area contributed by atoms with E-state index in [1.165, 1.54) is 64.7 Å². The zero-order chi connectivity index (χ0) is 34.8. The predicted molar refractivity (Wildman–Crippen MR) is 183 cm³/mol. The molecule has 4 aromatic carbocycles. The third-order valence-corrected chi connectivity index (χ3v) is 9.75. The Hall–Kier alpha value is -5.23. The number of hydrogen-bond acceptors (Lipinski definition) is 8. The first-order valence-electron chi connectivity index (χ1n) is 15.1. The first kappa shape index (κ1) is 35.6. The van der Waals surface area contributed by atoms with Crippen LogP contribution in [0.3, 0.4) is 0 Å². The predicted octanol–water partition coefficient (Wildman–Crippen LogP) is 4.61. The highest BCUT2D eigenvalue weighted by Crippen LogP contribution is 2.38. The van der Waals surface area contributed by atoms with Gasteiger partial charge >= 0.3 is 0 Å². The summed E-state index contributed by atoms with van der Waals surface area (Å²) in [6.07, 6.45) is 0.197. The number of hydrogen-bond donors (Lipinski definition) is 1. The van der Waals surface area contributed by atoms with Crippen LogP contribution >= 0.6 is 0 Å². The zero-order valence-corrected chi connectivity index (χ0v) is 28.7. The Morgan fingerprint density at radius 2 is 1.42 bits per heavy atom. The molecule has 0 saturated heterocycles. The van der Waals surface area contributed by atoms with Gasteiger partial charge in [-0.05, 0) is 47.9 Å². The lowest BCUT2D eigenvalue weighted by Gasteiger charge is -2.34. The molecule has 4 aromatic rings. The van der Waals surface area contributed by atoms with Gasteiger partial charge < -0.3 is 29.2 Å². The Morgan fingerprint density at radius 1 is 0.771 bits per heavy atom. The molecule has 2 amide bonds. The number of nitrogens with zero attached hydrogens (tertiary/aromatic N) is 2. The highest BCUT2D eigenvalue weighted by atomic mass is 32.2. The minimum atomic E-state index is -4.48. The van der Waals surface area contributed by atoms with Crippen LogP contribution in [0.25, 0.3) is 0 Å². The molecule has 0 aromatic heterocycles. The highest BCUT2D eigenvalue weighted by Gasteiger charge is 2.36. The van der Waals surface area contributed by atoms with Gasteiger partial charge in [-0.2, -0.15) is 0 Å². The number of anilines is 1. The van der Waals surface area contributed by atoms with E-state index in [9.17, 15) is 18.0 Å². The van der Waals surface area contributed by atoms with Crippen LogP contribution in [0.15, 0.2) is 95.9 Å². The van der Waals surface area contributed by atoms with Crippen molar-refractivity contribution in [2.24, 2.45) is 0 Å². The number of methoxy groups -OCH3 is 4. The van der Waals surface area contributed by atoms with E-state index in [-0.39, 0.29) is 35.0 Å². The molecule has 0 fully saturated rings. The molecule has 11 nitrogen and oxygen atoms in total. The second-order valence-electron chi connectivity index (χ2n) is 10.8. The normalized spacial score (nSPS) is 11.6. The lowest BCUT2D eigenvalue weighted by molar-refractivity contribution is -0.139. The number of rotatable bonds is 15. The number of ether oxygens (including phenoxy) is 4. The van der Waals surface area contributed by atoms with Gasteiger partial charge in [0.2, 0.25) is 11.8 Å². The van der Waals surface area contributed by atoms with Gasteiger partial charge in [0.15, 0.2) is 11.5 Å². The molecule has 12 heteroatoms. The SMILES string of the molecule is CNC(=O)[C@H](Cc1ccccc1)N(Cc1ccccc1C)C(=O)CN(c1cc(OC)ccc1OC)S(=O)(=O)c1ccc(OC)c(OC)c1. The third-order valence-electron chi connectivity index (χ3n) is 8.00. The van der Waals surface area contributed by atoms with Crippen molar-refractivity contribution in [2.75, 3.05) is 46.3 Å². The largest absolute Gasteiger partial charge is 0.497 e. The molecule has 0 spiro atoms. The molecule has 1 N–H and O–H groups in total. The van der Waals surface area contributed by atoms with Gasteiger partial charge in [0, 0.05) is 32.1 Å². The maximum atomic E-state index is 14.7. The van der Waals surface area contributed by atoms with Crippen molar-refractivity contribution in [1.82, 2.24) is 10.2 Å². The fraction of sp³-hybridized carbons (Fsp3) is 0.278. The van der Waals surface area contributed by atoms with E-state index < -0.39 is 34.4 Å². The first-order chi connectivity index (χ1) is 23.1. The van der Waals surface area contributed by atoms with Gasteiger partial charge in [-0.3, -0.25) is 13.9 Å². The number of benzene rings is 4. The van der Waals surface area contributed by atoms with Crippen LogP contribution in [0.2, 0.25) is 0 Å². The van der Waals surface area contributed by atoms with Gasteiger partial charge in [-0.25, -0.2) is 8.42 Å². The van der Waals surface area contributed by atoms with Gasteiger partial charge in [-0.1, -0.05) is 54.6 Å². The zero-order valence-electron chi connectivity index (χ0n) is 27.9. The standard InChI is InChI=1S/C36H41N3O8S/c1-25-12-10-11-15-27(25)23-38(31(36(41)37-2)20-26-13-8-7-9-14-26)35(40)24-39(30-21-28(44-3)16-18-32(30)45-4)48(42,43)29-17-19-33(46-5)34(22-29)47-6/h7-19,21-22,31H,20,23-24H2,1-6H3,(H,37,41)/t31-/m0/s1. The van der Waals surface area contributed by atoms with Crippen LogP contribution < -0.4 is 28.6 Å². The van der Waals surface area contributed by atoms with Gasteiger partial charge in [-0.15, -0.1) is 0 Å². The topological polar surface area (TPSA) is 124 Å². The molecular weight excluding hydrogens is 634 g/mol. The van der Waals surface area contributed by atoms with E-state index >= 15 is 0 Å². The number of nitrogens with one attached hydrogen (secondary N) is 1. The fourth-order valence-electron chi connectivity index (χ4n) is 5.30. The highest BCUT2D eigenvalue weighted by molar-refractivity contribution is 7.92. The average Bonchev–Trinajstić information content (AvgIpc) is 3.11. The lowest BCUT2D eigenvalue weighted by atomic mass is 10.0. The smallest absolute Gasteiger partial charge is 0.265 e. The Bertz CT molecular complexity index is 1830. The Kier molecular flexibility index (Phi) is 11.9. The van der Waals surface area contributed by atoms with Crippen molar-refractivity contribution in [2.45, 2.75) is 30.8 Å². The van der Waals surface area contributed by atoms with E-state index in [4.69, 9.17) is 18.9 Å². The van der Waals surface area contributed by atoms with Crippen molar-refractivity contribution in [3.8, 4) is 23.0 Å². The maximum Gasteiger partial charge on any atom is 0.265 e. The van der Waals surface area contributed by atoms with Crippen molar-refractivity contribution in [3.63, 3.8) is 0 Å². The Labute approximate surface area is 282 Å². The van der Waals surface area contributed by atoms with Crippen LogP contribution in [0.1, 0.15) is 16.7 Å². The first-order valence-corrected chi connectivity index (χ1v) is 16.6. The van der Waals surface area contributed by atoms with E-state index in [1.54, 1.807) is 12.1 Å². The number of likely N-dealkylation sites (N-methyl/N-ethyl adjacent to an activating group) is 1. The second kappa shape index (κ2) is 16.1. The van der Waals surface area contributed by atoms with Crippen LogP contribution in [-0.2, 0) is 32.6 Å². The molecule has 1 atom stereocenters. The minimum absolute atomic E-state index is 0.0515. The molecular formula is C36H41N3O8S. The maximum absolute atomic E-state index is 14.7. The monoisotopic (exact) mass is 675 g/mol. The van der Waals surface area contributed by atoms with Gasteiger partial charge in [0.1, 0.15) is 24.1 Å². The molecule has 0 aliphatic carbocycles. The molecule has 0 radical (unpaired) electrons. The third kappa shape index (κ3) is 8.00. The second-order valence-corrected chi connectivity index (χ2v) is 12.7. The van der Waals surface area contributed by atoms with E-state index in [0.29, 0.717) is 11.5 Å². The van der Waals surface area contributed by atoms with Crippen molar-refractivity contribution < 1.29 is 37.0 Å². The lowest BCUT2D eigenvalue weighted by Crippen LogP contribution is -2.53. The number of sulfonamides is 1. The van der Waals surface area contributed by atoms with Crippen LogP contribution in [-0.4, -0.2) is 73.2 Å². The molecule has 254 valence electrons. The molecule has 0 saturated carbocycles. The van der Waals surface area contributed by atoms with E-state index in [2.05, 4.69) is 5.32 Å². The summed E-state index contributed by atoms with van der Waals surface area (Å²) in [6, 6.07) is 24.7. The Morgan fingerprint density at radius 3 is 2.04 bits per heavy atom. The summed E-state index contributed by atoms with van der Waals surface area (Å²) in [6.45, 7) is 1.29. The summed E-state index contributed by atoms with van der Waals surface area (Å²) >= 11 is 0. The van der Waals surface area contributed by atoms with Gasteiger partial charge in [0.05, 0.1) is 39.0 Å². The number of aryl methyl sites for hydroxylation is 1. The van der Waals surface area contributed by atoms with Crippen LogP contribution in [0.5, 0.6) is 23.0 Å². The summed E-state index contributed by atoms with van der Waals surface area (Å²) in [5.41, 5.74) is 2.62. The van der Waals surface area contributed by atoms with E-state index in [1.807, 2.05) is 61.5 Å². The Balaban J connectivity index is 1.89. The van der Waals surface area contributed by atoms with Gasteiger partial charge in [0.25, 0.3) is 10.0 Å². The van der Waals surface area contributed by atoms with Crippen molar-refractivity contribution in [1.29, 1.82) is 0 Å². The summed E-state index contributed by atoms with van der Waals surface area (Å²) in [7, 11) is 2.73. The summed E-state index contributed by atoms with van der Waals surface area (Å²) in [5, 5.41) is 2.69. The summed E-state index contributed by atoms with van der Waals surface area (Å²) in [5.74, 6) is 0.0359. The number of carbonyl (C=O) groups is 2. The molecule has 48 heavy (non-hydrogen) atoms. The number of carbonyl (C=O) groups excluding carboxylic acids is 2. The van der Waals surface area contributed by atoms with Crippen molar-refractivity contribution >= 4 is 27.5 Å². The molecule has 4 rings (SSSR count). The quantitative estimate of drug-likeness (QED) is 0.194. The molecule has 0 heterocycles. The molecule has 0 unspecified atom stereocenters. The summed E-state index contributed by atoms with van der Waals surface area (Å²) < 4.78 is 51.8. The number of amides is 2. The molecule has 0 bridgehead atoms. The van der Waals surface area contributed by atoms with E-state index in [0.717, 1.165) is 21.0 Å².